The van der Waals surface area contributed by atoms with Crippen molar-refractivity contribution in [1.82, 2.24) is 10.0 Å². The van der Waals surface area contributed by atoms with E-state index in [1.807, 2.05) is 13.0 Å². The summed E-state index contributed by atoms with van der Waals surface area (Å²) >= 11 is 0. The van der Waals surface area contributed by atoms with Gasteiger partial charge < -0.3 is 5.32 Å². The quantitative estimate of drug-likeness (QED) is 0.705. The number of sulfonamides is 1. The van der Waals surface area contributed by atoms with E-state index in [0.717, 1.165) is 6.42 Å². The SMILES string of the molecule is C=C(/C=C1/CC(C)C(C)/C1=C/C)NC(=O)C1=CCC(NS(=O)(=O)C(C)(C)C)C=C1. The van der Waals surface area contributed by atoms with Gasteiger partial charge in [-0.15, -0.1) is 0 Å². The van der Waals surface area contributed by atoms with Gasteiger partial charge in [-0.3, -0.25) is 4.79 Å². The van der Waals surface area contributed by atoms with E-state index in [4.69, 9.17) is 0 Å². The number of allylic oxidation sites excluding steroid dienone is 4. The minimum Gasteiger partial charge on any atom is -0.323 e. The average Bonchev–Trinajstić information content (AvgIpc) is 2.87. The van der Waals surface area contributed by atoms with E-state index in [9.17, 15) is 13.2 Å². The predicted octanol–water partition coefficient (Wildman–Crippen LogP) is 4.14. The van der Waals surface area contributed by atoms with Crippen LogP contribution in [0.1, 0.15) is 54.4 Å². The van der Waals surface area contributed by atoms with Crippen LogP contribution in [0, 0.1) is 11.8 Å². The molecule has 160 valence electrons. The van der Waals surface area contributed by atoms with Crippen molar-refractivity contribution in [3.05, 3.63) is 59.4 Å². The Morgan fingerprint density at radius 2 is 1.93 bits per heavy atom. The van der Waals surface area contributed by atoms with Crippen molar-refractivity contribution in [1.29, 1.82) is 0 Å². The van der Waals surface area contributed by atoms with Crippen LogP contribution >= 0.6 is 0 Å². The normalized spacial score (nSPS) is 27.9. The van der Waals surface area contributed by atoms with Gasteiger partial charge in [-0.1, -0.05) is 44.7 Å². The number of carbonyl (C=O) groups is 1. The first kappa shape index (κ1) is 23.4. The van der Waals surface area contributed by atoms with Crippen molar-refractivity contribution in [2.45, 2.75) is 65.2 Å². The zero-order valence-corrected chi connectivity index (χ0v) is 19.2. The molecule has 2 aliphatic rings. The van der Waals surface area contributed by atoms with E-state index in [0.29, 0.717) is 29.5 Å². The Kier molecular flexibility index (Phi) is 7.12. The summed E-state index contributed by atoms with van der Waals surface area (Å²) in [5, 5.41) is 2.84. The highest BCUT2D eigenvalue weighted by Crippen LogP contribution is 2.40. The Bertz CT molecular complexity index is 899. The summed E-state index contributed by atoms with van der Waals surface area (Å²) in [5.41, 5.74) is 3.62. The molecule has 1 fully saturated rings. The third-order valence-corrected chi connectivity index (χ3v) is 7.89. The Morgan fingerprint density at radius 1 is 1.28 bits per heavy atom. The van der Waals surface area contributed by atoms with Crippen LogP contribution < -0.4 is 10.0 Å². The lowest BCUT2D eigenvalue weighted by Gasteiger charge is -2.24. The molecule has 2 aliphatic carbocycles. The second-order valence-corrected chi connectivity index (χ2v) is 11.4. The largest absolute Gasteiger partial charge is 0.323 e. The molecule has 0 aromatic carbocycles. The highest BCUT2D eigenvalue weighted by Gasteiger charge is 2.31. The van der Waals surface area contributed by atoms with Gasteiger partial charge in [-0.05, 0) is 69.6 Å². The number of carbonyl (C=O) groups excluding carboxylic acids is 1. The maximum Gasteiger partial charge on any atom is 0.255 e. The monoisotopic (exact) mass is 418 g/mol. The van der Waals surface area contributed by atoms with E-state index in [1.165, 1.54) is 11.1 Å². The summed E-state index contributed by atoms with van der Waals surface area (Å²) < 4.78 is 26.4. The molecule has 6 heteroatoms. The Balaban J connectivity index is 1.98. The number of amides is 1. The molecule has 2 N–H and O–H groups in total. The van der Waals surface area contributed by atoms with E-state index >= 15 is 0 Å². The van der Waals surface area contributed by atoms with Crippen molar-refractivity contribution in [2.24, 2.45) is 11.8 Å². The van der Waals surface area contributed by atoms with E-state index < -0.39 is 14.8 Å². The molecule has 0 saturated heterocycles. The van der Waals surface area contributed by atoms with Crippen LogP contribution in [-0.2, 0) is 14.8 Å². The Morgan fingerprint density at radius 3 is 2.45 bits per heavy atom. The minimum absolute atomic E-state index is 0.235. The second-order valence-electron chi connectivity index (χ2n) is 8.96. The number of hydrogen-bond acceptors (Lipinski definition) is 3. The van der Waals surface area contributed by atoms with Gasteiger partial charge in [0.05, 0.1) is 4.75 Å². The smallest absolute Gasteiger partial charge is 0.255 e. The predicted molar refractivity (Wildman–Crippen MR) is 120 cm³/mol. The molecule has 0 aromatic heterocycles. The van der Waals surface area contributed by atoms with Crippen molar-refractivity contribution in [3.63, 3.8) is 0 Å². The van der Waals surface area contributed by atoms with Crippen molar-refractivity contribution in [2.75, 3.05) is 0 Å². The molecule has 1 amide bonds. The molecular weight excluding hydrogens is 384 g/mol. The maximum absolute atomic E-state index is 12.5. The van der Waals surface area contributed by atoms with Crippen LogP contribution in [0.3, 0.4) is 0 Å². The summed E-state index contributed by atoms with van der Waals surface area (Å²) in [5.74, 6) is 0.850. The lowest BCUT2D eigenvalue weighted by Crippen LogP contribution is -2.44. The lowest BCUT2D eigenvalue weighted by molar-refractivity contribution is -0.116. The van der Waals surface area contributed by atoms with Crippen LogP contribution in [0.5, 0.6) is 0 Å². The molecule has 0 heterocycles. The van der Waals surface area contributed by atoms with Crippen LogP contribution in [-0.4, -0.2) is 25.1 Å². The van der Waals surface area contributed by atoms with E-state index in [2.05, 4.69) is 36.5 Å². The highest BCUT2D eigenvalue weighted by molar-refractivity contribution is 7.90. The molecule has 2 rings (SSSR count). The highest BCUT2D eigenvalue weighted by atomic mass is 32.2. The van der Waals surface area contributed by atoms with Gasteiger partial charge in [0.1, 0.15) is 0 Å². The van der Waals surface area contributed by atoms with Crippen molar-refractivity contribution >= 4 is 15.9 Å². The first-order valence-electron chi connectivity index (χ1n) is 10.1. The average molecular weight is 419 g/mol. The molecule has 3 unspecified atom stereocenters. The van der Waals surface area contributed by atoms with Crippen LogP contribution in [0.25, 0.3) is 0 Å². The van der Waals surface area contributed by atoms with Crippen LogP contribution in [0.4, 0.5) is 0 Å². The second kappa shape index (κ2) is 8.84. The molecule has 0 bridgehead atoms. The third kappa shape index (κ3) is 5.58. The van der Waals surface area contributed by atoms with Gasteiger partial charge in [-0.2, -0.15) is 0 Å². The fourth-order valence-corrected chi connectivity index (χ4v) is 4.47. The van der Waals surface area contributed by atoms with Crippen LogP contribution in [0.15, 0.2) is 59.4 Å². The van der Waals surface area contributed by atoms with Crippen LogP contribution in [0.2, 0.25) is 0 Å². The number of hydrogen-bond donors (Lipinski definition) is 2. The third-order valence-electron chi connectivity index (χ3n) is 5.67. The topological polar surface area (TPSA) is 75.3 Å². The molecule has 0 aliphatic heterocycles. The van der Waals surface area contributed by atoms with Crippen molar-refractivity contribution < 1.29 is 13.2 Å². The zero-order valence-electron chi connectivity index (χ0n) is 18.4. The fraction of sp³-hybridized carbons (Fsp3) is 0.522. The fourth-order valence-electron chi connectivity index (χ4n) is 3.55. The first-order chi connectivity index (χ1) is 13.4. The molecule has 1 saturated carbocycles. The molecule has 29 heavy (non-hydrogen) atoms. The molecule has 3 atom stereocenters. The number of rotatable bonds is 5. The van der Waals surface area contributed by atoms with Gasteiger partial charge >= 0.3 is 0 Å². The maximum atomic E-state index is 12.5. The Hall–Kier alpha value is -1.92. The summed E-state index contributed by atoms with van der Waals surface area (Å²) in [6.45, 7) is 15.5. The molecule has 0 spiro atoms. The van der Waals surface area contributed by atoms with Gasteiger partial charge in [0, 0.05) is 17.3 Å². The summed E-state index contributed by atoms with van der Waals surface area (Å²) in [7, 11) is -3.44. The lowest BCUT2D eigenvalue weighted by atomic mass is 9.97. The Labute approximate surface area is 175 Å². The van der Waals surface area contributed by atoms with Gasteiger partial charge in [0.25, 0.3) is 5.91 Å². The number of nitrogens with one attached hydrogen (secondary N) is 2. The molecule has 5 nitrogen and oxygen atoms in total. The zero-order chi connectivity index (χ0) is 22.0. The minimum atomic E-state index is -3.44. The van der Waals surface area contributed by atoms with Gasteiger partial charge in [-0.25, -0.2) is 13.1 Å². The van der Waals surface area contributed by atoms with E-state index in [1.54, 1.807) is 39.0 Å². The van der Waals surface area contributed by atoms with Crippen molar-refractivity contribution in [3.8, 4) is 0 Å². The summed E-state index contributed by atoms with van der Waals surface area (Å²) in [6.07, 6.45) is 10.6. The molecular formula is C23H34N2O3S. The molecule has 0 radical (unpaired) electrons. The van der Waals surface area contributed by atoms with E-state index in [-0.39, 0.29) is 11.9 Å². The molecule has 0 aromatic rings. The van der Waals surface area contributed by atoms with Gasteiger partial charge in [0.15, 0.2) is 0 Å². The first-order valence-corrected chi connectivity index (χ1v) is 11.6. The summed E-state index contributed by atoms with van der Waals surface area (Å²) in [4.78, 5) is 12.5. The summed E-state index contributed by atoms with van der Waals surface area (Å²) in [6, 6.07) is -0.347. The standard InChI is InChI=1S/C23H34N2O3S/c1-8-21-17(4)15(2)13-19(21)14-16(3)24-22(26)18-9-11-20(12-10-18)25-29(27,28)23(5,6)7/h8-11,14-15,17,20,25H,3,12-13H2,1-2,4-7H3,(H,24,26)/b19-14-,21-8-. The van der Waals surface area contributed by atoms with Gasteiger partial charge in [0.2, 0.25) is 10.0 Å².